The Balaban J connectivity index is 2.65. The van der Waals surface area contributed by atoms with Gasteiger partial charge in [0.15, 0.2) is 0 Å². The Bertz CT molecular complexity index is 293. The van der Waals surface area contributed by atoms with E-state index in [0.717, 1.165) is 12.2 Å². The van der Waals surface area contributed by atoms with E-state index in [0.29, 0.717) is 6.04 Å². The molecule has 0 amide bonds. The quantitative estimate of drug-likeness (QED) is 0.604. The van der Waals surface area contributed by atoms with E-state index in [-0.39, 0.29) is 0 Å². The molecule has 1 aromatic carbocycles. The first kappa shape index (κ1) is 13.4. The van der Waals surface area contributed by atoms with Crippen molar-refractivity contribution < 1.29 is 0 Å². The zero-order chi connectivity index (χ0) is 12.0. The first-order valence-corrected chi connectivity index (χ1v) is 6.78. The molecule has 2 nitrogen and oxygen atoms in total. The summed E-state index contributed by atoms with van der Waals surface area (Å²) in [4.78, 5) is 1.27. The molecule has 0 bridgehead atoms. The number of hydrogen-bond acceptors (Lipinski definition) is 3. The lowest BCUT2D eigenvalue weighted by molar-refractivity contribution is 0.347. The van der Waals surface area contributed by atoms with E-state index in [9.17, 15) is 0 Å². The van der Waals surface area contributed by atoms with Crippen molar-refractivity contribution in [2.24, 2.45) is 0 Å². The van der Waals surface area contributed by atoms with Crippen LogP contribution in [0.25, 0.3) is 0 Å². The van der Waals surface area contributed by atoms with E-state index in [1.54, 1.807) is 0 Å². The van der Waals surface area contributed by atoms with Gasteiger partial charge in [0.05, 0.1) is 0 Å². The van der Waals surface area contributed by atoms with Crippen molar-refractivity contribution in [3.05, 3.63) is 24.3 Å². The molecule has 0 radical (unpaired) electrons. The molecule has 0 unspecified atom stereocenters. The minimum atomic E-state index is 0.660. The summed E-state index contributed by atoms with van der Waals surface area (Å²) in [5.41, 5.74) is 6.51. The van der Waals surface area contributed by atoms with Gasteiger partial charge in [-0.1, -0.05) is 20.8 Å². The molecule has 0 atom stereocenters. The molecule has 3 heteroatoms. The lowest BCUT2D eigenvalue weighted by Crippen LogP contribution is -2.27. The Morgan fingerprint density at radius 3 is 2.12 bits per heavy atom. The van der Waals surface area contributed by atoms with Crippen LogP contribution in [0.15, 0.2) is 29.2 Å². The second-order valence-corrected chi connectivity index (χ2v) is 4.99. The molecule has 1 aromatic rings. The molecule has 90 valence electrons. The predicted molar refractivity (Wildman–Crippen MR) is 73.5 cm³/mol. The Morgan fingerprint density at radius 2 is 1.69 bits per heavy atom. The van der Waals surface area contributed by atoms with Gasteiger partial charge in [0.2, 0.25) is 0 Å². The van der Waals surface area contributed by atoms with Gasteiger partial charge in [-0.2, -0.15) is 0 Å². The molecular weight excluding hydrogens is 216 g/mol. The van der Waals surface area contributed by atoms with Crippen molar-refractivity contribution in [2.75, 3.05) is 12.3 Å². The van der Waals surface area contributed by atoms with Crippen LogP contribution in [0.3, 0.4) is 0 Å². The predicted octanol–water partition coefficient (Wildman–Crippen LogP) is 3.79. The fraction of sp³-hybridized carbons (Fsp3) is 0.538. The van der Waals surface area contributed by atoms with Crippen LogP contribution in [0.1, 0.15) is 33.6 Å². The number of anilines is 1. The third kappa shape index (κ3) is 3.72. The van der Waals surface area contributed by atoms with Gasteiger partial charge in [-0.05, 0) is 49.1 Å². The second kappa shape index (κ2) is 6.81. The summed E-state index contributed by atoms with van der Waals surface area (Å²) in [5.74, 6) is 0. The smallest absolute Gasteiger partial charge is 0.0314 e. The van der Waals surface area contributed by atoms with Gasteiger partial charge in [-0.25, -0.2) is 4.31 Å². The zero-order valence-electron chi connectivity index (χ0n) is 10.4. The zero-order valence-corrected chi connectivity index (χ0v) is 11.3. The fourth-order valence-corrected chi connectivity index (χ4v) is 2.86. The first-order valence-electron chi connectivity index (χ1n) is 6.01. The number of nitrogens with zero attached hydrogens (tertiary/aromatic N) is 1. The highest BCUT2D eigenvalue weighted by Gasteiger charge is 2.14. The molecular formula is C13H22N2S. The van der Waals surface area contributed by atoms with Gasteiger partial charge in [-0.3, -0.25) is 0 Å². The van der Waals surface area contributed by atoms with Crippen LogP contribution in [-0.4, -0.2) is 16.9 Å². The normalized spacial score (nSPS) is 11.3. The second-order valence-electron chi connectivity index (χ2n) is 3.86. The summed E-state index contributed by atoms with van der Waals surface area (Å²) in [6.07, 6.45) is 2.40. The Labute approximate surface area is 103 Å². The number of nitrogens with two attached hydrogens (primary N) is 1. The molecule has 0 saturated heterocycles. The Hall–Kier alpha value is -0.670. The van der Waals surface area contributed by atoms with Gasteiger partial charge in [0, 0.05) is 23.2 Å². The summed E-state index contributed by atoms with van der Waals surface area (Å²) in [7, 11) is 0. The lowest BCUT2D eigenvalue weighted by atomic mass is 10.2. The van der Waals surface area contributed by atoms with Crippen molar-refractivity contribution in [1.82, 2.24) is 4.31 Å². The van der Waals surface area contributed by atoms with E-state index in [4.69, 9.17) is 5.73 Å². The van der Waals surface area contributed by atoms with Crippen LogP contribution >= 0.6 is 11.9 Å². The van der Waals surface area contributed by atoms with Crippen LogP contribution < -0.4 is 5.73 Å². The van der Waals surface area contributed by atoms with E-state index >= 15 is 0 Å². The number of hydrogen-bond donors (Lipinski definition) is 1. The van der Waals surface area contributed by atoms with Gasteiger partial charge >= 0.3 is 0 Å². The number of rotatable bonds is 6. The molecule has 16 heavy (non-hydrogen) atoms. The van der Waals surface area contributed by atoms with Gasteiger partial charge in [0.1, 0.15) is 0 Å². The van der Waals surface area contributed by atoms with E-state index in [2.05, 4.69) is 37.2 Å². The standard InChI is InChI=1S/C13H22N2S/c1-4-12(5-2)15(6-3)16-13-9-7-11(14)8-10-13/h7-10,12H,4-6,14H2,1-3H3. The third-order valence-electron chi connectivity index (χ3n) is 2.76. The molecule has 0 fully saturated rings. The third-order valence-corrected chi connectivity index (χ3v) is 4.04. The van der Waals surface area contributed by atoms with Crippen LogP contribution in [0.2, 0.25) is 0 Å². The molecule has 0 aliphatic carbocycles. The Kier molecular flexibility index (Phi) is 5.71. The van der Waals surface area contributed by atoms with Crippen molar-refractivity contribution in [2.45, 2.75) is 44.6 Å². The number of benzene rings is 1. The monoisotopic (exact) mass is 238 g/mol. The topological polar surface area (TPSA) is 29.3 Å². The minimum absolute atomic E-state index is 0.660. The molecule has 1 rings (SSSR count). The lowest BCUT2D eigenvalue weighted by Gasteiger charge is -2.27. The highest BCUT2D eigenvalue weighted by atomic mass is 32.2. The SMILES string of the molecule is CCC(CC)N(CC)Sc1ccc(N)cc1. The van der Waals surface area contributed by atoms with Crippen molar-refractivity contribution >= 4 is 17.6 Å². The largest absolute Gasteiger partial charge is 0.399 e. The maximum atomic E-state index is 5.68. The summed E-state index contributed by atoms with van der Waals surface area (Å²) in [6.45, 7) is 7.78. The van der Waals surface area contributed by atoms with Crippen molar-refractivity contribution in [3.63, 3.8) is 0 Å². The molecule has 0 aromatic heterocycles. The van der Waals surface area contributed by atoms with Crippen LogP contribution in [0.5, 0.6) is 0 Å². The van der Waals surface area contributed by atoms with Crippen molar-refractivity contribution in [3.8, 4) is 0 Å². The van der Waals surface area contributed by atoms with Crippen LogP contribution in [-0.2, 0) is 0 Å². The summed E-state index contributed by atoms with van der Waals surface area (Å²) in [6, 6.07) is 8.76. The molecule has 0 spiro atoms. The highest BCUT2D eigenvalue weighted by molar-refractivity contribution is 7.97. The Morgan fingerprint density at radius 1 is 1.12 bits per heavy atom. The van der Waals surface area contributed by atoms with Gasteiger partial charge in [-0.15, -0.1) is 0 Å². The molecule has 0 saturated carbocycles. The van der Waals surface area contributed by atoms with E-state index < -0.39 is 0 Å². The fourth-order valence-electron chi connectivity index (χ4n) is 1.76. The van der Waals surface area contributed by atoms with Crippen LogP contribution in [0, 0.1) is 0 Å². The summed E-state index contributed by atoms with van der Waals surface area (Å²) < 4.78 is 2.45. The maximum absolute atomic E-state index is 5.68. The average Bonchev–Trinajstić information content (AvgIpc) is 2.32. The van der Waals surface area contributed by atoms with Crippen LogP contribution in [0.4, 0.5) is 5.69 Å². The maximum Gasteiger partial charge on any atom is 0.0314 e. The van der Waals surface area contributed by atoms with Gasteiger partial charge < -0.3 is 5.73 Å². The molecule has 0 aliphatic heterocycles. The minimum Gasteiger partial charge on any atom is -0.399 e. The van der Waals surface area contributed by atoms with Crippen molar-refractivity contribution in [1.29, 1.82) is 0 Å². The molecule has 0 aliphatic rings. The highest BCUT2D eigenvalue weighted by Crippen LogP contribution is 2.27. The molecule has 2 N–H and O–H groups in total. The summed E-state index contributed by atoms with van der Waals surface area (Å²) in [5, 5.41) is 0. The van der Waals surface area contributed by atoms with Gasteiger partial charge in [0.25, 0.3) is 0 Å². The number of nitrogen functional groups attached to an aromatic ring is 1. The molecule has 0 heterocycles. The average molecular weight is 238 g/mol. The van der Waals surface area contributed by atoms with E-state index in [1.165, 1.54) is 17.7 Å². The van der Waals surface area contributed by atoms with E-state index in [1.807, 2.05) is 24.1 Å². The summed E-state index contributed by atoms with van der Waals surface area (Å²) >= 11 is 1.83. The first-order chi connectivity index (χ1) is 7.71.